The first-order valence-electron chi connectivity index (χ1n) is 9.14. The zero-order valence-corrected chi connectivity index (χ0v) is 14.9. The van der Waals surface area contributed by atoms with Crippen molar-refractivity contribution in [3.05, 3.63) is 69.8 Å². The van der Waals surface area contributed by atoms with Crippen molar-refractivity contribution < 1.29 is 4.79 Å². The monoisotopic (exact) mass is 363 g/mol. The van der Waals surface area contributed by atoms with Crippen molar-refractivity contribution in [2.75, 3.05) is 13.1 Å². The van der Waals surface area contributed by atoms with Gasteiger partial charge in [-0.2, -0.15) is 10.2 Å². The van der Waals surface area contributed by atoms with E-state index in [1.807, 2.05) is 23.1 Å². The number of aromatic nitrogens is 4. The van der Waals surface area contributed by atoms with Crippen molar-refractivity contribution in [1.29, 1.82) is 0 Å². The topological polar surface area (TPSA) is 94.7 Å². The number of benzene rings is 1. The molecule has 0 unspecified atom stereocenters. The van der Waals surface area contributed by atoms with E-state index in [1.165, 1.54) is 11.6 Å². The standard InChI is InChI=1S/C20H21N5O2/c26-18-8-6-15(21-23-18)7-9-19(27)25-12-10-16-17(11-13-25)22-24-20(16)14-4-2-1-3-5-14/h1-6,8H,7,9-13H2,(H,22,24)(H,23,26). The molecule has 2 aromatic heterocycles. The van der Waals surface area contributed by atoms with Gasteiger partial charge < -0.3 is 4.90 Å². The quantitative estimate of drug-likeness (QED) is 0.738. The predicted molar refractivity (Wildman–Crippen MR) is 101 cm³/mol. The highest BCUT2D eigenvalue weighted by Crippen LogP contribution is 2.26. The summed E-state index contributed by atoms with van der Waals surface area (Å²) in [5.41, 5.74) is 4.89. The van der Waals surface area contributed by atoms with Crippen LogP contribution in [-0.2, 0) is 24.1 Å². The Labute approximate surface area is 156 Å². The lowest BCUT2D eigenvalue weighted by Crippen LogP contribution is -2.33. The number of aromatic amines is 2. The highest BCUT2D eigenvalue weighted by Gasteiger charge is 2.22. The molecule has 27 heavy (non-hydrogen) atoms. The molecule has 7 heteroatoms. The second-order valence-corrected chi connectivity index (χ2v) is 6.69. The van der Waals surface area contributed by atoms with Gasteiger partial charge in [0.05, 0.1) is 11.4 Å². The summed E-state index contributed by atoms with van der Waals surface area (Å²) in [6.45, 7) is 1.37. The highest BCUT2D eigenvalue weighted by molar-refractivity contribution is 5.76. The van der Waals surface area contributed by atoms with Crippen molar-refractivity contribution in [3.63, 3.8) is 0 Å². The van der Waals surface area contributed by atoms with Crippen LogP contribution in [0.15, 0.2) is 47.3 Å². The van der Waals surface area contributed by atoms with Crippen LogP contribution in [-0.4, -0.2) is 44.3 Å². The van der Waals surface area contributed by atoms with Crippen LogP contribution < -0.4 is 5.56 Å². The number of aryl methyl sites for hydroxylation is 1. The Kier molecular flexibility index (Phi) is 4.82. The molecule has 1 aromatic carbocycles. The molecule has 2 N–H and O–H groups in total. The Hall–Kier alpha value is -3.22. The molecule has 3 heterocycles. The van der Waals surface area contributed by atoms with Gasteiger partial charge in [-0.15, -0.1) is 0 Å². The van der Waals surface area contributed by atoms with Crippen LogP contribution in [0, 0.1) is 0 Å². The molecule has 0 spiro atoms. The number of H-pyrrole nitrogens is 2. The fraction of sp³-hybridized carbons (Fsp3) is 0.300. The zero-order valence-electron chi connectivity index (χ0n) is 14.9. The lowest BCUT2D eigenvalue weighted by atomic mass is 10.0. The third-order valence-electron chi connectivity index (χ3n) is 4.95. The molecule has 1 aliphatic heterocycles. The molecule has 0 atom stereocenters. The minimum absolute atomic E-state index is 0.113. The minimum atomic E-state index is -0.235. The van der Waals surface area contributed by atoms with Crippen LogP contribution >= 0.6 is 0 Å². The van der Waals surface area contributed by atoms with Crippen molar-refractivity contribution in [2.24, 2.45) is 0 Å². The van der Waals surface area contributed by atoms with Gasteiger partial charge in [-0.3, -0.25) is 14.7 Å². The van der Waals surface area contributed by atoms with E-state index >= 15 is 0 Å². The molecule has 0 aliphatic carbocycles. The van der Waals surface area contributed by atoms with Crippen LogP contribution in [0.5, 0.6) is 0 Å². The number of hydrogen-bond acceptors (Lipinski definition) is 4. The highest BCUT2D eigenvalue weighted by atomic mass is 16.2. The largest absolute Gasteiger partial charge is 0.342 e. The Morgan fingerprint density at radius 3 is 2.59 bits per heavy atom. The lowest BCUT2D eigenvalue weighted by molar-refractivity contribution is -0.131. The number of fused-ring (bicyclic) bond motifs is 1. The third-order valence-corrected chi connectivity index (χ3v) is 4.95. The normalized spacial score (nSPS) is 13.9. The number of hydrogen-bond donors (Lipinski definition) is 2. The molecule has 0 saturated heterocycles. The lowest BCUT2D eigenvalue weighted by Gasteiger charge is -2.20. The van der Waals surface area contributed by atoms with E-state index in [4.69, 9.17) is 0 Å². The van der Waals surface area contributed by atoms with Crippen molar-refractivity contribution in [3.8, 4) is 11.3 Å². The molecule has 7 nitrogen and oxygen atoms in total. The second kappa shape index (κ2) is 7.57. The Balaban J connectivity index is 1.41. The van der Waals surface area contributed by atoms with E-state index in [9.17, 15) is 9.59 Å². The Morgan fingerprint density at radius 1 is 1.00 bits per heavy atom. The van der Waals surface area contributed by atoms with Gasteiger partial charge in [0.25, 0.3) is 5.56 Å². The fourth-order valence-electron chi connectivity index (χ4n) is 3.47. The summed E-state index contributed by atoms with van der Waals surface area (Å²) in [6.07, 6.45) is 2.47. The molecule has 1 aliphatic rings. The molecular formula is C20H21N5O2. The van der Waals surface area contributed by atoms with Crippen LogP contribution in [0.2, 0.25) is 0 Å². The van der Waals surface area contributed by atoms with Crippen molar-refractivity contribution in [2.45, 2.75) is 25.7 Å². The predicted octanol–water partition coefficient (Wildman–Crippen LogP) is 1.72. The van der Waals surface area contributed by atoms with E-state index < -0.39 is 0 Å². The van der Waals surface area contributed by atoms with Gasteiger partial charge in [0.15, 0.2) is 0 Å². The van der Waals surface area contributed by atoms with Gasteiger partial charge in [0.1, 0.15) is 0 Å². The van der Waals surface area contributed by atoms with E-state index in [1.54, 1.807) is 6.07 Å². The summed E-state index contributed by atoms with van der Waals surface area (Å²) < 4.78 is 0. The van der Waals surface area contributed by atoms with Gasteiger partial charge >= 0.3 is 0 Å². The summed E-state index contributed by atoms with van der Waals surface area (Å²) in [5, 5.41) is 14.0. The third kappa shape index (κ3) is 3.81. The average molecular weight is 363 g/mol. The number of nitrogens with zero attached hydrogens (tertiary/aromatic N) is 3. The maximum atomic E-state index is 12.6. The number of carbonyl (C=O) groups excluding carboxylic acids is 1. The first-order valence-corrected chi connectivity index (χ1v) is 9.14. The minimum Gasteiger partial charge on any atom is -0.342 e. The maximum Gasteiger partial charge on any atom is 0.264 e. The maximum absolute atomic E-state index is 12.6. The summed E-state index contributed by atoms with van der Waals surface area (Å²) in [6, 6.07) is 13.2. The van der Waals surface area contributed by atoms with E-state index in [2.05, 4.69) is 32.5 Å². The van der Waals surface area contributed by atoms with E-state index in [0.29, 0.717) is 25.9 Å². The van der Waals surface area contributed by atoms with Gasteiger partial charge in [-0.05, 0) is 12.5 Å². The van der Waals surface area contributed by atoms with Gasteiger partial charge in [-0.1, -0.05) is 30.3 Å². The Bertz CT molecular complexity index is 973. The average Bonchev–Trinajstić information content (AvgIpc) is 2.99. The first-order chi connectivity index (χ1) is 13.2. The molecule has 0 bridgehead atoms. The fourth-order valence-corrected chi connectivity index (χ4v) is 3.47. The van der Waals surface area contributed by atoms with Crippen LogP contribution in [0.3, 0.4) is 0 Å². The molecule has 0 fully saturated rings. The van der Waals surface area contributed by atoms with Gasteiger partial charge in [0.2, 0.25) is 5.91 Å². The molecule has 3 aromatic rings. The molecule has 0 radical (unpaired) electrons. The van der Waals surface area contributed by atoms with Gasteiger partial charge in [0, 0.05) is 55.2 Å². The smallest absolute Gasteiger partial charge is 0.264 e. The van der Waals surface area contributed by atoms with Crippen LogP contribution in [0.4, 0.5) is 0 Å². The summed E-state index contributed by atoms with van der Waals surface area (Å²) in [7, 11) is 0. The van der Waals surface area contributed by atoms with Crippen LogP contribution in [0.25, 0.3) is 11.3 Å². The number of carbonyl (C=O) groups is 1. The van der Waals surface area contributed by atoms with E-state index in [0.717, 1.165) is 35.5 Å². The first kappa shape index (κ1) is 17.2. The van der Waals surface area contributed by atoms with Crippen molar-refractivity contribution in [1.82, 2.24) is 25.3 Å². The SMILES string of the molecule is O=C(CCc1ccc(=O)[nH]n1)N1CCc2[nH]nc(-c3ccccc3)c2CC1. The zero-order chi connectivity index (χ0) is 18.6. The van der Waals surface area contributed by atoms with Gasteiger partial charge in [-0.25, -0.2) is 5.10 Å². The molecule has 4 rings (SSSR count). The van der Waals surface area contributed by atoms with Crippen molar-refractivity contribution >= 4 is 5.91 Å². The number of rotatable bonds is 4. The van der Waals surface area contributed by atoms with Crippen LogP contribution in [0.1, 0.15) is 23.4 Å². The summed E-state index contributed by atoms with van der Waals surface area (Å²) in [5.74, 6) is 0.113. The van der Waals surface area contributed by atoms with E-state index in [-0.39, 0.29) is 11.5 Å². The second-order valence-electron chi connectivity index (χ2n) is 6.69. The molecule has 138 valence electrons. The molecule has 1 amide bonds. The Morgan fingerprint density at radius 2 is 1.81 bits per heavy atom. The molecule has 0 saturated carbocycles. The number of amides is 1. The summed E-state index contributed by atoms with van der Waals surface area (Å²) in [4.78, 5) is 25.6. The molecular weight excluding hydrogens is 342 g/mol. The summed E-state index contributed by atoms with van der Waals surface area (Å²) >= 11 is 0. The number of nitrogens with one attached hydrogen (secondary N) is 2.